The van der Waals surface area contributed by atoms with Crippen LogP contribution in [0.25, 0.3) is 0 Å². The highest BCUT2D eigenvalue weighted by Gasteiger charge is 2.26. The molecule has 1 aromatic heterocycles. The second-order valence-electron chi connectivity index (χ2n) is 5.28. The van der Waals surface area contributed by atoms with E-state index in [-0.39, 0.29) is 17.6 Å². The van der Waals surface area contributed by atoms with E-state index in [0.717, 1.165) is 19.5 Å². The second-order valence-corrected chi connectivity index (χ2v) is 5.69. The number of nitrogens with two attached hydrogens (primary N) is 1. The topological polar surface area (TPSA) is 83.3 Å². The molecule has 6 nitrogen and oxygen atoms in total. The molecule has 1 amide bonds. The highest BCUT2D eigenvalue weighted by Crippen LogP contribution is 2.19. The van der Waals surface area contributed by atoms with Crippen molar-refractivity contribution in [3.8, 4) is 0 Å². The van der Waals surface area contributed by atoms with E-state index in [1.165, 1.54) is 0 Å². The van der Waals surface area contributed by atoms with Crippen LogP contribution in [0.1, 0.15) is 23.8 Å². The molecule has 2 rings (SSSR count). The fraction of sp³-hybridized carbons (Fsp3) is 0.538. The van der Waals surface area contributed by atoms with Crippen molar-refractivity contribution in [3.63, 3.8) is 0 Å². The molecule has 0 bridgehead atoms. The van der Waals surface area contributed by atoms with E-state index in [9.17, 15) is 4.79 Å². The average Bonchev–Trinajstić information content (AvgIpc) is 2.42. The van der Waals surface area contributed by atoms with Gasteiger partial charge in [0.15, 0.2) is 0 Å². The number of hydrogen-bond acceptors (Lipinski definition) is 5. The largest absolute Gasteiger partial charge is 0.348 e. The van der Waals surface area contributed by atoms with Crippen LogP contribution in [0.2, 0.25) is 5.02 Å². The number of amides is 1. The Morgan fingerprint density at radius 2 is 2.30 bits per heavy atom. The summed E-state index contributed by atoms with van der Waals surface area (Å²) in [5, 5.41) is 3.34. The molecule has 20 heavy (non-hydrogen) atoms. The van der Waals surface area contributed by atoms with Crippen LogP contribution in [0.15, 0.2) is 12.1 Å². The maximum atomic E-state index is 12.3. The van der Waals surface area contributed by atoms with Crippen molar-refractivity contribution < 1.29 is 4.79 Å². The lowest BCUT2D eigenvalue weighted by Crippen LogP contribution is -2.49. The number of piperidine rings is 1. The van der Waals surface area contributed by atoms with Crippen LogP contribution in [0.3, 0.4) is 0 Å². The van der Waals surface area contributed by atoms with Gasteiger partial charge < -0.3 is 15.6 Å². The molecule has 0 saturated carbocycles. The number of halogens is 1. The Hall–Kier alpha value is -1.37. The van der Waals surface area contributed by atoms with E-state index in [1.54, 1.807) is 12.1 Å². The quantitative estimate of drug-likeness (QED) is 0.575. The summed E-state index contributed by atoms with van der Waals surface area (Å²) in [5.74, 6) is 5.85. The zero-order chi connectivity index (χ0) is 14.7. The molecule has 2 atom stereocenters. The molecule has 110 valence electrons. The van der Waals surface area contributed by atoms with E-state index >= 15 is 0 Å². The molecule has 1 aromatic rings. The van der Waals surface area contributed by atoms with Crippen LogP contribution in [0.4, 0.5) is 5.82 Å². The van der Waals surface area contributed by atoms with Gasteiger partial charge in [0.25, 0.3) is 5.91 Å². The van der Waals surface area contributed by atoms with Gasteiger partial charge in [0.1, 0.15) is 11.5 Å². The number of carbonyl (C=O) groups excluding carboxylic acids is 1. The minimum absolute atomic E-state index is 0.144. The number of pyridine rings is 1. The van der Waals surface area contributed by atoms with Crippen LogP contribution >= 0.6 is 11.6 Å². The predicted molar refractivity (Wildman–Crippen MR) is 79.6 cm³/mol. The SMILES string of the molecule is CC1CN(C)CCC1NC(=O)c1nc(NN)ccc1Cl. The van der Waals surface area contributed by atoms with Gasteiger partial charge in [0, 0.05) is 12.6 Å². The molecule has 0 spiro atoms. The number of rotatable bonds is 3. The van der Waals surface area contributed by atoms with Gasteiger partial charge in [-0.15, -0.1) is 0 Å². The van der Waals surface area contributed by atoms with E-state index in [4.69, 9.17) is 17.4 Å². The Bertz CT molecular complexity index is 496. The van der Waals surface area contributed by atoms with Crippen molar-refractivity contribution in [3.05, 3.63) is 22.8 Å². The Morgan fingerprint density at radius 1 is 1.55 bits per heavy atom. The monoisotopic (exact) mass is 297 g/mol. The first-order valence-corrected chi connectivity index (χ1v) is 7.01. The summed E-state index contributed by atoms with van der Waals surface area (Å²) in [6, 6.07) is 3.37. The molecular weight excluding hydrogens is 278 g/mol. The van der Waals surface area contributed by atoms with Crippen molar-refractivity contribution >= 4 is 23.3 Å². The third-order valence-electron chi connectivity index (χ3n) is 3.63. The molecule has 0 radical (unpaired) electrons. The van der Waals surface area contributed by atoms with Gasteiger partial charge in [0.2, 0.25) is 0 Å². The number of nitrogen functional groups attached to an aromatic ring is 1. The van der Waals surface area contributed by atoms with Crippen molar-refractivity contribution in [2.45, 2.75) is 19.4 Å². The number of carbonyl (C=O) groups is 1. The van der Waals surface area contributed by atoms with Crippen LogP contribution in [0, 0.1) is 5.92 Å². The molecule has 1 fully saturated rings. The Labute approximate surface area is 123 Å². The van der Waals surface area contributed by atoms with Crippen LogP contribution < -0.4 is 16.6 Å². The first-order chi connectivity index (χ1) is 9.51. The van der Waals surface area contributed by atoms with Crippen LogP contribution in [0.5, 0.6) is 0 Å². The molecule has 0 aromatic carbocycles. The van der Waals surface area contributed by atoms with Crippen molar-refractivity contribution in [1.82, 2.24) is 15.2 Å². The third-order valence-corrected chi connectivity index (χ3v) is 3.94. The summed E-state index contributed by atoms with van der Waals surface area (Å²) >= 11 is 6.03. The van der Waals surface area contributed by atoms with Gasteiger partial charge >= 0.3 is 0 Å². The number of anilines is 1. The molecular formula is C13H20ClN5O. The van der Waals surface area contributed by atoms with E-state index in [1.807, 2.05) is 0 Å². The number of hydrazine groups is 1. The Morgan fingerprint density at radius 3 is 2.95 bits per heavy atom. The maximum Gasteiger partial charge on any atom is 0.271 e. The number of nitrogens with one attached hydrogen (secondary N) is 2. The van der Waals surface area contributed by atoms with E-state index in [2.05, 4.69) is 34.6 Å². The fourth-order valence-corrected chi connectivity index (χ4v) is 2.68. The lowest BCUT2D eigenvalue weighted by atomic mass is 9.94. The zero-order valence-corrected chi connectivity index (χ0v) is 12.4. The Balaban J connectivity index is 2.08. The van der Waals surface area contributed by atoms with Gasteiger partial charge in [-0.25, -0.2) is 10.8 Å². The van der Waals surface area contributed by atoms with Gasteiger partial charge in [-0.1, -0.05) is 18.5 Å². The average molecular weight is 298 g/mol. The molecule has 0 aliphatic carbocycles. The number of likely N-dealkylation sites (tertiary alicyclic amines) is 1. The number of nitrogens with zero attached hydrogens (tertiary/aromatic N) is 2. The number of hydrogen-bond donors (Lipinski definition) is 3. The summed E-state index contributed by atoms with van der Waals surface area (Å²) in [6.07, 6.45) is 0.926. The third kappa shape index (κ3) is 3.39. The molecule has 4 N–H and O–H groups in total. The van der Waals surface area contributed by atoms with Gasteiger partial charge in [0.05, 0.1) is 5.02 Å². The van der Waals surface area contributed by atoms with Gasteiger partial charge in [-0.05, 0) is 38.1 Å². The molecule has 2 heterocycles. The zero-order valence-electron chi connectivity index (χ0n) is 11.7. The lowest BCUT2D eigenvalue weighted by molar-refractivity contribution is 0.0879. The number of aromatic nitrogens is 1. The highest BCUT2D eigenvalue weighted by atomic mass is 35.5. The minimum Gasteiger partial charge on any atom is -0.348 e. The van der Waals surface area contributed by atoms with Crippen molar-refractivity contribution in [2.24, 2.45) is 11.8 Å². The molecule has 1 aliphatic heterocycles. The minimum atomic E-state index is -0.256. The van der Waals surface area contributed by atoms with Gasteiger partial charge in [-0.2, -0.15) is 0 Å². The lowest BCUT2D eigenvalue weighted by Gasteiger charge is -2.35. The van der Waals surface area contributed by atoms with Crippen molar-refractivity contribution in [2.75, 3.05) is 25.6 Å². The van der Waals surface area contributed by atoms with E-state index < -0.39 is 0 Å². The van der Waals surface area contributed by atoms with Crippen molar-refractivity contribution in [1.29, 1.82) is 0 Å². The normalized spacial score (nSPS) is 23.4. The maximum absolute atomic E-state index is 12.3. The molecule has 2 unspecified atom stereocenters. The first-order valence-electron chi connectivity index (χ1n) is 6.64. The standard InChI is InChI=1S/C13H20ClN5O/c1-8-7-19(2)6-5-10(8)16-13(20)12-9(14)3-4-11(17-12)18-15/h3-4,8,10H,5-7,15H2,1-2H3,(H,16,20)(H,17,18). The molecule has 1 saturated heterocycles. The first kappa shape index (κ1) is 15.0. The Kier molecular flexibility index (Phi) is 4.80. The highest BCUT2D eigenvalue weighted by molar-refractivity contribution is 6.33. The fourth-order valence-electron chi connectivity index (χ4n) is 2.49. The van der Waals surface area contributed by atoms with Gasteiger partial charge in [-0.3, -0.25) is 4.79 Å². The molecule has 7 heteroatoms. The molecule has 1 aliphatic rings. The summed E-state index contributed by atoms with van der Waals surface area (Å²) in [6.45, 7) is 4.07. The smallest absolute Gasteiger partial charge is 0.271 e. The summed E-state index contributed by atoms with van der Waals surface area (Å²) in [5.41, 5.74) is 2.61. The summed E-state index contributed by atoms with van der Waals surface area (Å²) < 4.78 is 0. The van der Waals surface area contributed by atoms with Crippen LogP contribution in [-0.2, 0) is 0 Å². The summed E-state index contributed by atoms with van der Waals surface area (Å²) in [7, 11) is 2.09. The predicted octanol–water partition coefficient (Wildman–Crippen LogP) is 1.09. The summed E-state index contributed by atoms with van der Waals surface area (Å²) in [4.78, 5) is 18.7. The second kappa shape index (κ2) is 6.39. The van der Waals surface area contributed by atoms with Crippen LogP contribution in [-0.4, -0.2) is 42.0 Å². The van der Waals surface area contributed by atoms with E-state index in [0.29, 0.717) is 16.8 Å².